The third-order valence-corrected chi connectivity index (χ3v) is 7.76. The van der Waals surface area contributed by atoms with Gasteiger partial charge in [0, 0.05) is 13.5 Å². The average molecular weight is 577 g/mol. The van der Waals surface area contributed by atoms with Crippen molar-refractivity contribution in [2.45, 2.75) is 45.3 Å². The van der Waals surface area contributed by atoms with Crippen molar-refractivity contribution in [3.05, 3.63) is 136 Å². The molecule has 0 fully saturated rings. The van der Waals surface area contributed by atoms with Crippen LogP contribution in [0.1, 0.15) is 57.5 Å². The Morgan fingerprint density at radius 3 is 2.28 bits per heavy atom. The fraction of sp³-hybridized carbons (Fsp3) is 0.289. The Labute approximate surface area is 255 Å². The van der Waals surface area contributed by atoms with Gasteiger partial charge in [0.15, 0.2) is 6.10 Å². The predicted molar refractivity (Wildman–Crippen MR) is 171 cm³/mol. The number of esters is 1. The van der Waals surface area contributed by atoms with Crippen molar-refractivity contribution in [3.63, 3.8) is 0 Å². The molecular formula is C38H40O5. The zero-order valence-electron chi connectivity index (χ0n) is 25.3. The number of aryl methyl sites for hydroxylation is 3. The van der Waals surface area contributed by atoms with Crippen molar-refractivity contribution in [3.8, 4) is 5.75 Å². The van der Waals surface area contributed by atoms with Crippen molar-refractivity contribution in [2.24, 2.45) is 0 Å². The van der Waals surface area contributed by atoms with Crippen LogP contribution in [0.15, 0.2) is 91.0 Å². The van der Waals surface area contributed by atoms with Gasteiger partial charge in [0.05, 0.1) is 13.2 Å². The topological polar surface area (TPSA) is 54.0 Å². The number of fused-ring (bicyclic) bond motifs is 2. The van der Waals surface area contributed by atoms with Gasteiger partial charge in [-0.05, 0) is 77.8 Å². The molecule has 0 aliphatic heterocycles. The van der Waals surface area contributed by atoms with E-state index in [0.29, 0.717) is 26.2 Å². The maximum Gasteiger partial charge on any atom is 0.335 e. The lowest BCUT2D eigenvalue weighted by Gasteiger charge is -2.22. The molecule has 0 N–H and O–H groups in total. The highest BCUT2D eigenvalue weighted by Crippen LogP contribution is 2.36. The predicted octanol–water partition coefficient (Wildman–Crippen LogP) is 7.57. The van der Waals surface area contributed by atoms with E-state index in [1.54, 1.807) is 6.92 Å². The second kappa shape index (κ2) is 14.8. The molecule has 0 aromatic heterocycles. The molecule has 0 heterocycles. The lowest BCUT2D eigenvalue weighted by Crippen LogP contribution is -2.27. The molecule has 4 aromatic carbocycles. The number of methoxy groups -OCH3 is 1. The van der Waals surface area contributed by atoms with E-state index in [0.717, 1.165) is 24.2 Å². The summed E-state index contributed by atoms with van der Waals surface area (Å²) in [6.45, 7) is 5.08. The van der Waals surface area contributed by atoms with Crippen molar-refractivity contribution in [1.29, 1.82) is 0 Å². The Morgan fingerprint density at radius 2 is 1.51 bits per heavy atom. The van der Waals surface area contributed by atoms with Gasteiger partial charge in [0.25, 0.3) is 0 Å². The van der Waals surface area contributed by atoms with Crippen molar-refractivity contribution >= 4 is 18.1 Å². The van der Waals surface area contributed by atoms with Crippen LogP contribution in [0.2, 0.25) is 0 Å². The van der Waals surface area contributed by atoms with Crippen LogP contribution in [0.3, 0.4) is 0 Å². The van der Waals surface area contributed by atoms with E-state index in [-0.39, 0.29) is 12.1 Å². The summed E-state index contributed by atoms with van der Waals surface area (Å²) in [5.41, 5.74) is 9.55. The van der Waals surface area contributed by atoms with E-state index >= 15 is 0 Å². The summed E-state index contributed by atoms with van der Waals surface area (Å²) >= 11 is 0. The first-order valence-electron chi connectivity index (χ1n) is 15.0. The van der Waals surface area contributed by atoms with Gasteiger partial charge in [-0.1, -0.05) is 96.6 Å². The summed E-state index contributed by atoms with van der Waals surface area (Å²) in [6, 6.07) is 31.7. The molecule has 0 bridgehead atoms. The monoisotopic (exact) mass is 576 g/mol. The number of ether oxygens (including phenoxy) is 4. The maximum absolute atomic E-state index is 12.1. The zero-order valence-corrected chi connectivity index (χ0v) is 25.3. The number of rotatable bonds is 13. The van der Waals surface area contributed by atoms with Gasteiger partial charge < -0.3 is 18.9 Å². The van der Waals surface area contributed by atoms with Gasteiger partial charge in [0.2, 0.25) is 0 Å². The van der Waals surface area contributed by atoms with E-state index in [4.69, 9.17) is 18.9 Å². The molecule has 5 rings (SSSR count). The van der Waals surface area contributed by atoms with Crippen LogP contribution in [0.4, 0.5) is 0 Å². The SMILES string of the molecule is CCOC(=O)C(Cc1ccc(OCCOC2c3ccc(C)cc3C=Cc3ccc(CCc4ccccc4)cc32)cc1)OC. The van der Waals surface area contributed by atoms with E-state index in [2.05, 4.69) is 85.8 Å². The second-order valence-electron chi connectivity index (χ2n) is 10.8. The third kappa shape index (κ3) is 8.01. The molecule has 0 radical (unpaired) electrons. The first-order chi connectivity index (χ1) is 21.0. The summed E-state index contributed by atoms with van der Waals surface area (Å²) in [5, 5.41) is 0. The van der Waals surface area contributed by atoms with E-state index in [1.807, 2.05) is 24.3 Å². The molecule has 0 saturated heterocycles. The first-order valence-corrected chi connectivity index (χ1v) is 15.0. The van der Waals surface area contributed by atoms with E-state index in [9.17, 15) is 4.79 Å². The summed E-state index contributed by atoms with van der Waals surface area (Å²) in [4.78, 5) is 12.1. The highest BCUT2D eigenvalue weighted by molar-refractivity contribution is 5.77. The van der Waals surface area contributed by atoms with Crippen LogP contribution < -0.4 is 4.74 Å². The van der Waals surface area contributed by atoms with Crippen LogP contribution in [-0.4, -0.2) is 39.0 Å². The highest BCUT2D eigenvalue weighted by atomic mass is 16.6. The van der Waals surface area contributed by atoms with Gasteiger partial charge >= 0.3 is 5.97 Å². The molecule has 0 saturated carbocycles. The smallest absolute Gasteiger partial charge is 0.335 e. The Kier molecular flexibility index (Phi) is 10.4. The van der Waals surface area contributed by atoms with Crippen molar-refractivity contribution < 1.29 is 23.7 Å². The maximum atomic E-state index is 12.1. The molecule has 0 spiro atoms. The van der Waals surface area contributed by atoms with E-state index < -0.39 is 6.10 Å². The van der Waals surface area contributed by atoms with E-state index in [1.165, 1.54) is 46.1 Å². The molecule has 1 aliphatic carbocycles. The van der Waals surface area contributed by atoms with Crippen molar-refractivity contribution in [2.75, 3.05) is 26.9 Å². The normalized spacial score (nSPS) is 14.3. The Morgan fingerprint density at radius 1 is 0.767 bits per heavy atom. The summed E-state index contributed by atoms with van der Waals surface area (Å²) < 4.78 is 23.1. The fourth-order valence-electron chi connectivity index (χ4n) is 5.46. The standard InChI is InChI=1S/C38H40O5/c1-4-41-38(39)36(40-3)26-30-14-19-33(20-15-30)42-22-23-43-37-34-21-10-27(2)24-32(34)18-17-31-16-13-29(25-35(31)37)12-11-28-8-6-5-7-9-28/h5-10,13-21,24-25,36-37H,4,11-12,22-23,26H2,1-3H3. The molecule has 222 valence electrons. The van der Waals surface area contributed by atoms with Crippen LogP contribution >= 0.6 is 0 Å². The Hall–Kier alpha value is -4.19. The summed E-state index contributed by atoms with van der Waals surface area (Å²) in [6.07, 6.45) is 5.99. The first kappa shape index (κ1) is 30.3. The largest absolute Gasteiger partial charge is 0.491 e. The van der Waals surface area contributed by atoms with Crippen LogP contribution in [0.5, 0.6) is 5.75 Å². The number of carbonyl (C=O) groups excluding carboxylic acids is 1. The molecule has 5 nitrogen and oxygen atoms in total. The number of hydrogen-bond acceptors (Lipinski definition) is 5. The molecule has 5 heteroatoms. The molecule has 43 heavy (non-hydrogen) atoms. The molecule has 2 atom stereocenters. The molecule has 4 aromatic rings. The molecule has 2 unspecified atom stereocenters. The number of carbonyl (C=O) groups is 1. The zero-order chi connectivity index (χ0) is 30.0. The number of hydrogen-bond donors (Lipinski definition) is 0. The van der Waals surface area contributed by atoms with Gasteiger partial charge in [-0.3, -0.25) is 0 Å². The second-order valence-corrected chi connectivity index (χ2v) is 10.8. The lowest BCUT2D eigenvalue weighted by atomic mass is 9.93. The minimum Gasteiger partial charge on any atom is -0.491 e. The fourth-order valence-corrected chi connectivity index (χ4v) is 5.46. The Bertz CT molecular complexity index is 1520. The van der Waals surface area contributed by atoms with Gasteiger partial charge in [-0.25, -0.2) is 4.79 Å². The third-order valence-electron chi connectivity index (χ3n) is 7.76. The van der Waals surface area contributed by atoms with Crippen LogP contribution in [0.25, 0.3) is 12.2 Å². The summed E-state index contributed by atoms with van der Waals surface area (Å²) in [5.74, 6) is 0.400. The summed E-state index contributed by atoms with van der Waals surface area (Å²) in [7, 11) is 1.52. The van der Waals surface area contributed by atoms with Crippen molar-refractivity contribution in [1.82, 2.24) is 0 Å². The minimum atomic E-state index is -0.623. The highest BCUT2D eigenvalue weighted by Gasteiger charge is 2.23. The molecular weight excluding hydrogens is 536 g/mol. The molecule has 0 amide bonds. The minimum absolute atomic E-state index is 0.197. The average Bonchev–Trinajstić information content (AvgIpc) is 3.18. The van der Waals surface area contributed by atoms with Crippen LogP contribution in [-0.2, 0) is 38.3 Å². The Balaban J connectivity index is 1.25. The van der Waals surface area contributed by atoms with Gasteiger partial charge in [0.1, 0.15) is 18.5 Å². The van der Waals surface area contributed by atoms with Gasteiger partial charge in [-0.15, -0.1) is 0 Å². The molecule has 1 aliphatic rings. The quantitative estimate of drug-likeness (QED) is 0.121. The number of benzene rings is 4. The van der Waals surface area contributed by atoms with Gasteiger partial charge in [-0.2, -0.15) is 0 Å². The lowest BCUT2D eigenvalue weighted by molar-refractivity contribution is -0.154. The van der Waals surface area contributed by atoms with Crippen LogP contribution in [0, 0.1) is 6.92 Å².